The Morgan fingerprint density at radius 2 is 1.20 bits per heavy atom. The zero-order valence-electron chi connectivity index (χ0n) is 12.1. The molecule has 4 heteroatoms. The van der Waals surface area contributed by atoms with Crippen LogP contribution in [0.4, 0.5) is 0 Å². The number of rotatable bonds is 4. The van der Waals surface area contributed by atoms with Crippen LogP contribution in [0, 0.1) is 0 Å². The normalized spacial score (nSPS) is 12.0. The van der Waals surface area contributed by atoms with Gasteiger partial charge in [0.2, 0.25) is 0 Å². The zero-order chi connectivity index (χ0) is 15.1. The number of hydrogen-bond acceptors (Lipinski definition) is 4. The van der Waals surface area contributed by atoms with E-state index in [0.717, 1.165) is 0 Å². The maximum absolute atomic E-state index is 11.7. The van der Waals surface area contributed by atoms with Gasteiger partial charge in [0.25, 0.3) is 0 Å². The van der Waals surface area contributed by atoms with Gasteiger partial charge in [0.05, 0.1) is 0 Å². The number of hydrogen-bond donors (Lipinski definition) is 0. The van der Waals surface area contributed by atoms with Crippen molar-refractivity contribution in [1.29, 1.82) is 0 Å². The van der Waals surface area contributed by atoms with Crippen molar-refractivity contribution >= 4 is 11.9 Å². The van der Waals surface area contributed by atoms with E-state index >= 15 is 0 Å². The van der Waals surface area contributed by atoms with Crippen LogP contribution in [0.3, 0.4) is 0 Å². The monoisotopic (exact) mass is 274 g/mol. The van der Waals surface area contributed by atoms with Crippen LogP contribution in [0.15, 0.2) is 47.6 Å². The van der Waals surface area contributed by atoms with Gasteiger partial charge in [-0.15, -0.1) is 0 Å². The van der Waals surface area contributed by atoms with E-state index in [1.54, 1.807) is 64.1 Å². The van der Waals surface area contributed by atoms with E-state index in [1.165, 1.54) is 0 Å². The molecule has 0 spiro atoms. The Hall–Kier alpha value is -2.36. The van der Waals surface area contributed by atoms with Gasteiger partial charge in [-0.3, -0.25) is 0 Å². The molecule has 1 aromatic rings. The largest absolute Gasteiger partial charge is 0.419 e. The van der Waals surface area contributed by atoms with E-state index in [4.69, 9.17) is 9.47 Å². The molecule has 0 radical (unpaired) electrons. The van der Waals surface area contributed by atoms with Crippen LogP contribution in [0.5, 0.6) is 11.5 Å². The lowest BCUT2D eigenvalue weighted by atomic mass is 10.2. The number of carbonyl (C=O) groups excluding carboxylic acids is 2. The molecule has 4 nitrogen and oxygen atoms in total. The third-order valence-corrected chi connectivity index (χ3v) is 2.76. The summed E-state index contributed by atoms with van der Waals surface area (Å²) < 4.78 is 10.4. The second-order valence-corrected chi connectivity index (χ2v) is 4.17. The first kappa shape index (κ1) is 15.7. The summed E-state index contributed by atoms with van der Waals surface area (Å²) in [4.78, 5) is 23.5. The molecule has 0 saturated carbocycles. The molecule has 0 atom stereocenters. The number of esters is 2. The van der Waals surface area contributed by atoms with Crippen LogP contribution >= 0.6 is 0 Å². The minimum absolute atomic E-state index is 0.218. The lowest BCUT2D eigenvalue weighted by molar-refractivity contribution is -0.132. The van der Waals surface area contributed by atoms with E-state index in [0.29, 0.717) is 11.1 Å². The quantitative estimate of drug-likeness (QED) is 0.479. The number of benzene rings is 1. The molecule has 1 rings (SSSR count). The van der Waals surface area contributed by atoms with Crippen LogP contribution in [-0.4, -0.2) is 11.9 Å². The van der Waals surface area contributed by atoms with Crippen molar-refractivity contribution in [2.75, 3.05) is 0 Å². The number of ether oxygens (including phenoxy) is 2. The van der Waals surface area contributed by atoms with Crippen LogP contribution in [0.1, 0.15) is 27.7 Å². The molecular formula is C16H18O4. The third-order valence-electron chi connectivity index (χ3n) is 2.76. The van der Waals surface area contributed by atoms with Gasteiger partial charge in [0.1, 0.15) is 0 Å². The molecule has 0 aromatic heterocycles. The fourth-order valence-corrected chi connectivity index (χ4v) is 1.22. The Balaban J connectivity index is 2.94. The van der Waals surface area contributed by atoms with Gasteiger partial charge in [-0.25, -0.2) is 9.59 Å². The summed E-state index contributed by atoms with van der Waals surface area (Å²) in [5.41, 5.74) is 0.964. The maximum atomic E-state index is 11.7. The van der Waals surface area contributed by atoms with Crippen molar-refractivity contribution in [3.8, 4) is 11.5 Å². The Labute approximate surface area is 118 Å². The Morgan fingerprint density at radius 1 is 0.850 bits per heavy atom. The molecule has 0 N–H and O–H groups in total. The first-order chi connectivity index (χ1) is 9.49. The highest BCUT2D eigenvalue weighted by molar-refractivity contribution is 5.91. The Kier molecular flexibility index (Phi) is 5.72. The molecule has 0 aliphatic carbocycles. The predicted molar refractivity (Wildman–Crippen MR) is 76.6 cm³/mol. The number of allylic oxidation sites excluding steroid dienone is 2. The van der Waals surface area contributed by atoms with Crippen molar-refractivity contribution in [3.63, 3.8) is 0 Å². The van der Waals surface area contributed by atoms with Gasteiger partial charge in [-0.2, -0.15) is 0 Å². The molecule has 0 amide bonds. The second kappa shape index (κ2) is 7.28. The van der Waals surface area contributed by atoms with Gasteiger partial charge in [0, 0.05) is 11.1 Å². The number of carbonyl (C=O) groups is 2. The first-order valence-electron chi connectivity index (χ1n) is 6.28. The fourth-order valence-electron chi connectivity index (χ4n) is 1.22. The molecule has 0 fully saturated rings. The van der Waals surface area contributed by atoms with E-state index in [1.807, 2.05) is 0 Å². The van der Waals surface area contributed by atoms with Crippen LogP contribution in [0.25, 0.3) is 0 Å². The summed E-state index contributed by atoms with van der Waals surface area (Å²) in [6.07, 6.45) is 3.31. The highest BCUT2D eigenvalue weighted by Gasteiger charge is 2.14. The molecule has 0 bridgehead atoms. The van der Waals surface area contributed by atoms with E-state index in [-0.39, 0.29) is 11.5 Å². The molecule has 0 unspecified atom stereocenters. The standard InChI is InChI=1S/C16H18O4/c1-5-11(3)15(17)19-13-9-7-8-10-14(13)20-16(18)12(4)6-2/h5-10H,1-4H3. The van der Waals surface area contributed by atoms with Crippen molar-refractivity contribution < 1.29 is 19.1 Å². The van der Waals surface area contributed by atoms with Crippen molar-refractivity contribution in [3.05, 3.63) is 47.6 Å². The highest BCUT2D eigenvalue weighted by Crippen LogP contribution is 2.27. The SMILES string of the molecule is CC=C(C)C(=O)Oc1ccccc1OC(=O)C(C)=CC. The minimum atomic E-state index is -0.473. The van der Waals surface area contributed by atoms with E-state index in [9.17, 15) is 9.59 Å². The summed E-state index contributed by atoms with van der Waals surface area (Å²) in [5.74, 6) is -0.510. The molecule has 0 heterocycles. The van der Waals surface area contributed by atoms with Crippen molar-refractivity contribution in [1.82, 2.24) is 0 Å². The van der Waals surface area contributed by atoms with Gasteiger partial charge < -0.3 is 9.47 Å². The number of para-hydroxylation sites is 2. The summed E-state index contributed by atoms with van der Waals surface area (Å²) in [6.45, 7) is 6.80. The van der Waals surface area contributed by atoms with Gasteiger partial charge in [-0.05, 0) is 39.8 Å². The molecule has 0 aliphatic rings. The Morgan fingerprint density at radius 3 is 1.50 bits per heavy atom. The molecular weight excluding hydrogens is 256 g/mol. The molecule has 20 heavy (non-hydrogen) atoms. The van der Waals surface area contributed by atoms with Gasteiger partial charge in [-0.1, -0.05) is 24.3 Å². The van der Waals surface area contributed by atoms with Crippen LogP contribution in [-0.2, 0) is 9.59 Å². The maximum Gasteiger partial charge on any atom is 0.338 e. The molecule has 1 aromatic carbocycles. The van der Waals surface area contributed by atoms with Gasteiger partial charge >= 0.3 is 11.9 Å². The van der Waals surface area contributed by atoms with Crippen molar-refractivity contribution in [2.45, 2.75) is 27.7 Å². The van der Waals surface area contributed by atoms with Crippen LogP contribution < -0.4 is 9.47 Å². The second-order valence-electron chi connectivity index (χ2n) is 4.17. The average molecular weight is 274 g/mol. The summed E-state index contributed by atoms with van der Waals surface area (Å²) in [6, 6.07) is 6.56. The zero-order valence-corrected chi connectivity index (χ0v) is 12.1. The van der Waals surface area contributed by atoms with E-state index in [2.05, 4.69) is 0 Å². The highest BCUT2D eigenvalue weighted by atomic mass is 16.6. The lowest BCUT2D eigenvalue weighted by Crippen LogP contribution is -2.13. The molecule has 0 aliphatic heterocycles. The van der Waals surface area contributed by atoms with Crippen molar-refractivity contribution in [2.24, 2.45) is 0 Å². The summed E-state index contributed by atoms with van der Waals surface area (Å²) in [7, 11) is 0. The predicted octanol–water partition coefficient (Wildman–Crippen LogP) is 3.43. The first-order valence-corrected chi connectivity index (χ1v) is 6.28. The summed E-state index contributed by atoms with van der Waals surface area (Å²) in [5, 5.41) is 0. The van der Waals surface area contributed by atoms with Crippen LogP contribution in [0.2, 0.25) is 0 Å². The molecule has 106 valence electrons. The van der Waals surface area contributed by atoms with Gasteiger partial charge in [0.15, 0.2) is 11.5 Å². The van der Waals surface area contributed by atoms with E-state index < -0.39 is 11.9 Å². The minimum Gasteiger partial charge on any atom is -0.419 e. The topological polar surface area (TPSA) is 52.6 Å². The smallest absolute Gasteiger partial charge is 0.338 e. The third kappa shape index (κ3) is 4.09. The Bertz CT molecular complexity index is 517. The molecule has 0 saturated heterocycles. The lowest BCUT2D eigenvalue weighted by Gasteiger charge is -2.10. The summed E-state index contributed by atoms with van der Waals surface area (Å²) >= 11 is 0. The fraction of sp³-hybridized carbons (Fsp3) is 0.250. The average Bonchev–Trinajstić information content (AvgIpc) is 2.47.